The van der Waals surface area contributed by atoms with Gasteiger partial charge in [0, 0.05) is 6.54 Å². The van der Waals surface area contributed by atoms with Crippen LogP contribution in [0.4, 0.5) is 0 Å². The second-order valence-corrected chi connectivity index (χ2v) is 6.64. The van der Waals surface area contributed by atoms with Crippen LogP contribution in [0, 0.1) is 0 Å². The van der Waals surface area contributed by atoms with E-state index in [2.05, 4.69) is 0 Å². The van der Waals surface area contributed by atoms with Crippen LogP contribution in [0.25, 0.3) is 0 Å². The van der Waals surface area contributed by atoms with E-state index in [1.807, 2.05) is 0 Å². The molecule has 0 N–H and O–H groups in total. The van der Waals surface area contributed by atoms with Gasteiger partial charge in [0.05, 0.1) is 6.61 Å². The van der Waals surface area contributed by atoms with Gasteiger partial charge in [-0.15, -0.1) is 0 Å². The molecule has 0 aromatic rings. The van der Waals surface area contributed by atoms with Crippen molar-refractivity contribution in [2.45, 2.75) is 6.42 Å². The second-order valence-electron chi connectivity index (χ2n) is 6.64. The summed E-state index contributed by atoms with van der Waals surface area (Å²) in [6, 6.07) is 0. The quantitative estimate of drug-likeness (QED) is 0.433. The molecule has 3 rings (SSSR count). The highest BCUT2D eigenvalue weighted by Crippen LogP contribution is 2.19. The third kappa shape index (κ3) is 6.12. The van der Waals surface area contributed by atoms with Crippen LogP contribution < -0.4 is 0 Å². The molecule has 1 amide bonds. The van der Waals surface area contributed by atoms with Gasteiger partial charge in [0.2, 0.25) is 0 Å². The van der Waals surface area contributed by atoms with Crippen molar-refractivity contribution in [3.05, 3.63) is 108 Å². The van der Waals surface area contributed by atoms with E-state index in [1.54, 1.807) is 66.8 Å². The zero-order valence-electron chi connectivity index (χ0n) is 17.2. The molecule has 0 aliphatic carbocycles. The molecule has 3 heterocycles. The highest BCUT2D eigenvalue weighted by atomic mass is 16.5. The fourth-order valence-corrected chi connectivity index (χ4v) is 2.79. The lowest BCUT2D eigenvalue weighted by Gasteiger charge is -2.24. The molecule has 0 aromatic heterocycles. The molecular formula is C25H21NO6. The van der Waals surface area contributed by atoms with Crippen LogP contribution in [0.3, 0.4) is 0 Å². The Kier molecular flexibility index (Phi) is 7.86. The van der Waals surface area contributed by atoms with Gasteiger partial charge in [-0.25, -0.2) is 4.79 Å². The molecule has 3 aliphatic heterocycles. The van der Waals surface area contributed by atoms with Crippen LogP contribution in [0.2, 0.25) is 0 Å². The molecule has 3 aliphatic rings. The Morgan fingerprint density at radius 2 is 1.56 bits per heavy atom. The van der Waals surface area contributed by atoms with E-state index < -0.39 is 17.7 Å². The number of esters is 1. The molecule has 7 nitrogen and oxygen atoms in total. The number of nitrogens with zero attached hydrogens (tertiary/aromatic N) is 1. The van der Waals surface area contributed by atoms with Gasteiger partial charge >= 0.3 is 11.9 Å². The average Bonchev–Trinajstić information content (AvgIpc) is 2.81. The van der Waals surface area contributed by atoms with Gasteiger partial charge in [-0.05, 0) is 42.9 Å². The van der Waals surface area contributed by atoms with E-state index in [-0.39, 0.29) is 30.4 Å². The number of Topliss-reactive ketones (excluding diaryl/α,β-unsaturated/α-hetero) is 1. The Morgan fingerprint density at radius 1 is 0.750 bits per heavy atom. The standard InChI is InChI=1S/C25H21NO6/c27-19-11-4-2-1-3-5-13-20-14-10-16-22(32-20)23(28)24(29)26-17-8-6-15-21(26)25(30)31-18-9-7-12-19/h1-8,10-16H,9,17-18H2/b2-1-,5-3?,11-4?,12-7?,20-13?. The Hall–Kier alpha value is -4.26. The molecule has 0 saturated heterocycles. The summed E-state index contributed by atoms with van der Waals surface area (Å²) in [5.41, 5.74) is -0.0449. The van der Waals surface area contributed by atoms with Gasteiger partial charge in [0.15, 0.2) is 11.5 Å². The number of ether oxygens (including phenoxy) is 2. The summed E-state index contributed by atoms with van der Waals surface area (Å²) in [6.07, 6.45) is 24.1. The number of cyclic esters (lactones) is 1. The van der Waals surface area contributed by atoms with E-state index in [0.717, 1.165) is 4.90 Å². The van der Waals surface area contributed by atoms with Gasteiger partial charge in [0.1, 0.15) is 11.5 Å². The van der Waals surface area contributed by atoms with E-state index in [0.29, 0.717) is 12.2 Å². The van der Waals surface area contributed by atoms with Crippen molar-refractivity contribution in [2.75, 3.05) is 13.2 Å². The number of allylic oxidation sites excluding steroid dienone is 13. The largest absolute Gasteiger partial charge is 0.461 e. The van der Waals surface area contributed by atoms with E-state index in [9.17, 15) is 19.2 Å². The van der Waals surface area contributed by atoms with Crippen molar-refractivity contribution < 1.29 is 28.7 Å². The molecule has 0 unspecified atom stereocenters. The summed E-state index contributed by atoms with van der Waals surface area (Å²) in [4.78, 5) is 50.9. The first-order valence-electron chi connectivity index (χ1n) is 9.95. The summed E-state index contributed by atoms with van der Waals surface area (Å²) in [7, 11) is 0. The molecule has 2 bridgehead atoms. The van der Waals surface area contributed by atoms with Gasteiger partial charge in [-0.2, -0.15) is 0 Å². The topological polar surface area (TPSA) is 90.0 Å². The lowest BCUT2D eigenvalue weighted by atomic mass is 10.1. The van der Waals surface area contributed by atoms with Crippen molar-refractivity contribution in [1.82, 2.24) is 4.90 Å². The van der Waals surface area contributed by atoms with E-state index >= 15 is 0 Å². The predicted octanol–water partition coefficient (Wildman–Crippen LogP) is 2.93. The number of carbonyl (C=O) groups excluding carboxylic acids is 4. The molecule has 0 saturated carbocycles. The normalized spacial score (nSPS) is 21.0. The van der Waals surface area contributed by atoms with Gasteiger partial charge in [-0.3, -0.25) is 19.3 Å². The van der Waals surface area contributed by atoms with Crippen molar-refractivity contribution in [3.8, 4) is 0 Å². The number of fused-ring (bicyclic) bond motifs is 3. The van der Waals surface area contributed by atoms with Crippen molar-refractivity contribution in [1.29, 1.82) is 0 Å². The molecule has 32 heavy (non-hydrogen) atoms. The summed E-state index contributed by atoms with van der Waals surface area (Å²) in [6.45, 7) is 0.0639. The maximum absolute atomic E-state index is 12.8. The third-order valence-corrected chi connectivity index (χ3v) is 4.34. The molecule has 0 radical (unpaired) electrons. The number of carbonyl (C=O) groups is 4. The number of ketones is 2. The molecule has 7 heteroatoms. The Bertz CT molecular complexity index is 1080. The number of rotatable bonds is 0. The van der Waals surface area contributed by atoms with Gasteiger partial charge < -0.3 is 9.47 Å². The highest BCUT2D eigenvalue weighted by molar-refractivity contribution is 6.42. The summed E-state index contributed by atoms with van der Waals surface area (Å²) in [5.74, 6) is -2.50. The number of hydrogen-bond acceptors (Lipinski definition) is 6. The minimum Gasteiger partial charge on any atom is -0.461 e. The van der Waals surface area contributed by atoms with Crippen LogP contribution in [0.15, 0.2) is 108 Å². The molecule has 0 aromatic carbocycles. The molecule has 0 fully saturated rings. The van der Waals surface area contributed by atoms with E-state index in [1.165, 1.54) is 24.3 Å². The Morgan fingerprint density at radius 3 is 2.44 bits per heavy atom. The van der Waals surface area contributed by atoms with E-state index in [4.69, 9.17) is 9.47 Å². The SMILES string of the molecule is O=C1C=C/C=C\C=CC=C2C=CC=C(O2)C(=O)C(=O)N2CC=CC=C2C(=O)OCCC=C1. The molecule has 0 spiro atoms. The smallest absolute Gasteiger partial charge is 0.355 e. The van der Waals surface area contributed by atoms with Crippen LogP contribution in [-0.2, 0) is 28.7 Å². The Balaban J connectivity index is 1.85. The fourth-order valence-electron chi connectivity index (χ4n) is 2.79. The minimum absolute atomic E-state index is 0.0151. The zero-order valence-corrected chi connectivity index (χ0v) is 17.2. The van der Waals surface area contributed by atoms with Crippen LogP contribution >= 0.6 is 0 Å². The van der Waals surface area contributed by atoms with Crippen molar-refractivity contribution in [2.24, 2.45) is 0 Å². The summed E-state index contributed by atoms with van der Waals surface area (Å²) >= 11 is 0. The molecular weight excluding hydrogens is 410 g/mol. The highest BCUT2D eigenvalue weighted by Gasteiger charge is 2.32. The predicted molar refractivity (Wildman–Crippen MR) is 117 cm³/mol. The maximum Gasteiger partial charge on any atom is 0.355 e. The number of hydrogen-bond donors (Lipinski definition) is 0. The first-order chi connectivity index (χ1) is 15.6. The molecule has 162 valence electrons. The fraction of sp³-hybridized carbons (Fsp3) is 0.120. The summed E-state index contributed by atoms with van der Waals surface area (Å²) < 4.78 is 10.7. The number of amides is 1. The lowest BCUT2D eigenvalue weighted by Crippen LogP contribution is -2.41. The van der Waals surface area contributed by atoms with Crippen LogP contribution in [0.1, 0.15) is 6.42 Å². The third-order valence-electron chi connectivity index (χ3n) is 4.34. The van der Waals surface area contributed by atoms with Crippen molar-refractivity contribution >= 4 is 23.4 Å². The first kappa shape index (κ1) is 22.4. The lowest BCUT2D eigenvalue weighted by molar-refractivity contribution is -0.147. The van der Waals surface area contributed by atoms with Crippen molar-refractivity contribution in [3.63, 3.8) is 0 Å². The minimum atomic E-state index is -0.903. The van der Waals surface area contributed by atoms with Crippen LogP contribution in [0.5, 0.6) is 0 Å². The second kappa shape index (κ2) is 11.2. The Labute approximate surface area is 185 Å². The van der Waals surface area contributed by atoms with Gasteiger partial charge in [0.25, 0.3) is 5.78 Å². The molecule has 0 atom stereocenters. The van der Waals surface area contributed by atoms with Gasteiger partial charge in [-0.1, -0.05) is 54.7 Å². The average molecular weight is 431 g/mol. The monoisotopic (exact) mass is 431 g/mol. The maximum atomic E-state index is 12.8. The first-order valence-corrected chi connectivity index (χ1v) is 9.95. The van der Waals surface area contributed by atoms with Crippen LogP contribution in [-0.4, -0.2) is 41.5 Å². The summed E-state index contributed by atoms with van der Waals surface area (Å²) in [5, 5.41) is 0. The zero-order chi connectivity index (χ0) is 22.8.